The van der Waals surface area contributed by atoms with E-state index in [-0.39, 0.29) is 23.7 Å². The van der Waals surface area contributed by atoms with Crippen molar-refractivity contribution in [2.45, 2.75) is 13.5 Å². The molecule has 8 heteroatoms. The summed E-state index contributed by atoms with van der Waals surface area (Å²) in [5, 5.41) is -0.321. The Morgan fingerprint density at radius 2 is 1.84 bits per heavy atom. The second-order valence-electron chi connectivity index (χ2n) is 6.86. The zero-order valence-electron chi connectivity index (χ0n) is 17.0. The number of hydrogen-bond donors (Lipinski definition) is 0. The van der Waals surface area contributed by atoms with Gasteiger partial charge in [0.25, 0.3) is 11.1 Å². The lowest BCUT2D eigenvalue weighted by molar-refractivity contribution is -0.123. The number of furan rings is 1. The van der Waals surface area contributed by atoms with Gasteiger partial charge in [0.1, 0.15) is 11.5 Å². The van der Waals surface area contributed by atoms with Crippen LogP contribution in [0.15, 0.2) is 74.5 Å². The van der Waals surface area contributed by atoms with Crippen molar-refractivity contribution in [1.82, 2.24) is 4.90 Å². The molecule has 4 rings (SSSR count). The van der Waals surface area contributed by atoms with Gasteiger partial charge in [-0.2, -0.15) is 0 Å². The van der Waals surface area contributed by atoms with Gasteiger partial charge in [-0.15, -0.1) is 0 Å². The lowest BCUT2D eigenvalue weighted by Crippen LogP contribution is -2.27. The number of ether oxygens (including phenoxy) is 1. The highest BCUT2D eigenvalue weighted by Crippen LogP contribution is 2.35. The molecule has 3 aromatic rings. The topological polar surface area (TPSA) is 76.8 Å². The second kappa shape index (κ2) is 9.58. The largest absolute Gasteiger partial charge is 0.462 e. The lowest BCUT2D eigenvalue weighted by Gasteiger charge is -2.13. The Kier molecular flexibility index (Phi) is 6.62. The molecule has 1 aliphatic heterocycles. The smallest absolute Gasteiger partial charge is 0.338 e. The zero-order valence-corrected chi connectivity index (χ0v) is 19.4. The van der Waals surface area contributed by atoms with Crippen molar-refractivity contribution in [3.8, 4) is 11.3 Å². The minimum atomic E-state index is -0.377. The first kappa shape index (κ1) is 22.1. The molecule has 0 saturated carbocycles. The third kappa shape index (κ3) is 4.71. The summed E-state index contributed by atoms with van der Waals surface area (Å²) in [6, 6.07) is 17.8. The number of thioether (sulfide) groups is 1. The summed E-state index contributed by atoms with van der Waals surface area (Å²) < 4.78 is 11.7. The molecule has 0 bridgehead atoms. The molecular weight excluding hydrogens is 494 g/mol. The fraction of sp³-hybridized carbons (Fsp3) is 0.125. The number of esters is 1. The van der Waals surface area contributed by atoms with Crippen LogP contribution >= 0.6 is 27.7 Å². The first-order chi connectivity index (χ1) is 15.5. The van der Waals surface area contributed by atoms with Gasteiger partial charge in [-0.25, -0.2) is 4.79 Å². The molecule has 2 aromatic carbocycles. The fourth-order valence-corrected chi connectivity index (χ4v) is 4.36. The van der Waals surface area contributed by atoms with E-state index in [1.807, 2.05) is 24.3 Å². The van der Waals surface area contributed by atoms with Crippen molar-refractivity contribution >= 4 is 50.9 Å². The first-order valence-electron chi connectivity index (χ1n) is 9.82. The monoisotopic (exact) mass is 511 g/mol. The number of hydrogen-bond acceptors (Lipinski definition) is 6. The average molecular weight is 512 g/mol. The van der Waals surface area contributed by atoms with E-state index >= 15 is 0 Å². The van der Waals surface area contributed by atoms with Crippen LogP contribution in [0.4, 0.5) is 4.79 Å². The van der Waals surface area contributed by atoms with Gasteiger partial charge in [-0.05, 0) is 54.6 Å². The summed E-state index contributed by atoms with van der Waals surface area (Å²) >= 11 is 4.33. The Hall–Kier alpha value is -3.10. The normalized spacial score (nSPS) is 14.9. The van der Waals surface area contributed by atoms with Gasteiger partial charge in [-0.1, -0.05) is 46.3 Å². The Bertz CT molecular complexity index is 1220. The van der Waals surface area contributed by atoms with Crippen LogP contribution in [0, 0.1) is 0 Å². The molecule has 1 aliphatic rings. The molecule has 0 N–H and O–H groups in total. The molecular formula is C24H18BrNO5S. The zero-order chi connectivity index (χ0) is 22.7. The van der Waals surface area contributed by atoms with E-state index < -0.39 is 0 Å². The number of nitrogens with zero attached hydrogens (tertiary/aromatic N) is 1. The van der Waals surface area contributed by atoms with Gasteiger partial charge in [0.05, 0.1) is 23.6 Å². The van der Waals surface area contributed by atoms with E-state index in [1.165, 1.54) is 4.90 Å². The number of carbonyl (C=O) groups is 3. The minimum absolute atomic E-state index is 0.194. The molecule has 1 aromatic heterocycles. The Balaban J connectivity index is 1.49. The predicted molar refractivity (Wildman–Crippen MR) is 126 cm³/mol. The van der Waals surface area contributed by atoms with Gasteiger partial charge >= 0.3 is 5.97 Å². The number of halogens is 1. The Morgan fingerprint density at radius 3 is 2.56 bits per heavy atom. The molecule has 1 saturated heterocycles. The van der Waals surface area contributed by atoms with Crippen molar-refractivity contribution in [2.24, 2.45) is 0 Å². The van der Waals surface area contributed by atoms with E-state index in [2.05, 4.69) is 15.9 Å². The minimum Gasteiger partial charge on any atom is -0.462 e. The SMILES string of the molecule is CCOC(=O)c1ccc(-c2ccc(/C=C3\SC(=O)N(Cc4ccccc4Br)C3=O)o2)cc1. The molecule has 2 amide bonds. The molecule has 2 heterocycles. The Morgan fingerprint density at radius 1 is 1.09 bits per heavy atom. The molecule has 0 radical (unpaired) electrons. The van der Waals surface area contributed by atoms with Crippen molar-refractivity contribution < 1.29 is 23.5 Å². The molecule has 0 atom stereocenters. The van der Waals surface area contributed by atoms with E-state index in [9.17, 15) is 14.4 Å². The van der Waals surface area contributed by atoms with Crippen molar-refractivity contribution in [3.63, 3.8) is 0 Å². The summed E-state index contributed by atoms with van der Waals surface area (Å²) in [6.07, 6.45) is 1.57. The molecule has 0 unspecified atom stereocenters. The van der Waals surface area contributed by atoms with Crippen LogP contribution in [0.2, 0.25) is 0 Å². The summed E-state index contributed by atoms with van der Waals surface area (Å²) in [7, 11) is 0. The fourth-order valence-electron chi connectivity index (χ4n) is 3.13. The maximum Gasteiger partial charge on any atom is 0.338 e. The van der Waals surface area contributed by atoms with Gasteiger partial charge in [0.15, 0.2) is 0 Å². The van der Waals surface area contributed by atoms with Crippen LogP contribution in [0.1, 0.15) is 28.6 Å². The van der Waals surface area contributed by atoms with Crippen molar-refractivity contribution in [2.75, 3.05) is 6.61 Å². The van der Waals surface area contributed by atoms with E-state index in [1.54, 1.807) is 49.4 Å². The standard InChI is InChI=1S/C24H18BrNO5S/c1-2-30-23(28)16-9-7-15(8-10-16)20-12-11-18(31-20)13-21-22(27)26(24(29)32-21)14-17-5-3-4-6-19(17)25/h3-13H,2,14H2,1H3/b21-13-. The number of carbonyl (C=O) groups excluding carboxylic acids is 3. The Labute approximate surface area is 197 Å². The van der Waals surface area contributed by atoms with Gasteiger partial charge < -0.3 is 9.15 Å². The maximum atomic E-state index is 12.8. The molecule has 1 fully saturated rings. The highest BCUT2D eigenvalue weighted by molar-refractivity contribution is 9.10. The van der Waals surface area contributed by atoms with Crippen LogP contribution in [0.25, 0.3) is 17.4 Å². The van der Waals surface area contributed by atoms with Crippen LogP contribution in [0.3, 0.4) is 0 Å². The van der Waals surface area contributed by atoms with Gasteiger partial charge in [0.2, 0.25) is 0 Å². The molecule has 0 spiro atoms. The molecule has 162 valence electrons. The van der Waals surface area contributed by atoms with Crippen LogP contribution in [0.5, 0.6) is 0 Å². The quantitative estimate of drug-likeness (QED) is 0.293. The molecule has 32 heavy (non-hydrogen) atoms. The molecule has 6 nitrogen and oxygen atoms in total. The number of benzene rings is 2. The van der Waals surface area contributed by atoms with Crippen LogP contribution < -0.4 is 0 Å². The number of imide groups is 1. The second-order valence-corrected chi connectivity index (χ2v) is 8.71. The summed E-state index contributed by atoms with van der Waals surface area (Å²) in [4.78, 5) is 38.5. The van der Waals surface area contributed by atoms with Crippen molar-refractivity contribution in [1.29, 1.82) is 0 Å². The van der Waals surface area contributed by atoms with Gasteiger partial charge in [-0.3, -0.25) is 14.5 Å². The summed E-state index contributed by atoms with van der Waals surface area (Å²) in [5.74, 6) is 0.310. The predicted octanol–water partition coefficient (Wildman–Crippen LogP) is 6.12. The van der Waals surface area contributed by atoms with Gasteiger partial charge in [0, 0.05) is 16.1 Å². The van der Waals surface area contributed by atoms with Crippen LogP contribution in [-0.2, 0) is 16.1 Å². The highest BCUT2D eigenvalue weighted by Gasteiger charge is 2.35. The average Bonchev–Trinajstić information content (AvgIpc) is 3.36. The molecule has 0 aliphatic carbocycles. The first-order valence-corrected chi connectivity index (χ1v) is 11.4. The van der Waals surface area contributed by atoms with Crippen molar-refractivity contribution in [3.05, 3.63) is 86.9 Å². The van der Waals surface area contributed by atoms with E-state index in [0.717, 1.165) is 27.4 Å². The lowest BCUT2D eigenvalue weighted by atomic mass is 10.1. The van der Waals surface area contributed by atoms with Crippen LogP contribution in [-0.4, -0.2) is 28.6 Å². The third-order valence-corrected chi connectivity index (χ3v) is 6.42. The highest BCUT2D eigenvalue weighted by atomic mass is 79.9. The van der Waals surface area contributed by atoms with E-state index in [0.29, 0.717) is 28.6 Å². The maximum absolute atomic E-state index is 12.8. The third-order valence-electron chi connectivity index (χ3n) is 4.74. The number of amides is 2. The number of rotatable bonds is 6. The summed E-state index contributed by atoms with van der Waals surface area (Å²) in [5.41, 5.74) is 2.09. The van der Waals surface area contributed by atoms with E-state index in [4.69, 9.17) is 9.15 Å². The summed E-state index contributed by atoms with van der Waals surface area (Å²) in [6.45, 7) is 2.27.